The highest BCUT2D eigenvalue weighted by Crippen LogP contribution is 2.18. The van der Waals surface area contributed by atoms with Crippen molar-refractivity contribution in [3.05, 3.63) is 35.9 Å². The molecule has 1 fully saturated rings. The molecule has 1 saturated heterocycles. The van der Waals surface area contributed by atoms with Crippen LogP contribution in [0.3, 0.4) is 0 Å². The molecule has 1 aromatic rings. The first-order valence-corrected chi connectivity index (χ1v) is 8.71. The number of rotatable bonds is 4. The average molecular weight is 326 g/mol. The lowest BCUT2D eigenvalue weighted by Gasteiger charge is -2.16. The van der Waals surface area contributed by atoms with E-state index in [1.807, 2.05) is 35.1 Å². The van der Waals surface area contributed by atoms with Gasteiger partial charge in [0.2, 0.25) is 15.9 Å². The number of nitrogens with zero attached hydrogens (tertiary/aromatic N) is 1. The van der Waals surface area contributed by atoms with E-state index in [0.29, 0.717) is 13.0 Å². The molecule has 1 atom stereocenters. The highest BCUT2D eigenvalue weighted by molar-refractivity contribution is 7.89. The third-order valence-electron chi connectivity index (χ3n) is 3.31. The highest BCUT2D eigenvalue weighted by atomic mass is 32.2. The second-order valence-electron chi connectivity index (χ2n) is 5.21. The van der Waals surface area contributed by atoms with Gasteiger partial charge in [0.05, 0.1) is 12.2 Å². The number of sulfonamides is 1. The second-order valence-corrected chi connectivity index (χ2v) is 6.96. The van der Waals surface area contributed by atoms with Crippen LogP contribution >= 0.6 is 0 Å². The monoisotopic (exact) mass is 326 g/mol. The largest absolute Gasteiger partial charge is 0.445 e. The third kappa shape index (κ3) is 4.73. The van der Waals surface area contributed by atoms with Gasteiger partial charge in [-0.15, -0.1) is 0 Å². The summed E-state index contributed by atoms with van der Waals surface area (Å²) in [6, 6.07) is 9.27. The summed E-state index contributed by atoms with van der Waals surface area (Å²) in [7, 11) is -3.58. The zero-order chi connectivity index (χ0) is 16.2. The van der Waals surface area contributed by atoms with Crippen molar-refractivity contribution < 1.29 is 22.7 Å². The summed E-state index contributed by atoms with van der Waals surface area (Å²) < 4.78 is 29.2. The van der Waals surface area contributed by atoms with Crippen LogP contribution in [-0.2, 0) is 26.2 Å². The van der Waals surface area contributed by atoms with Crippen molar-refractivity contribution in [1.29, 1.82) is 0 Å². The Balaban J connectivity index is 1.82. The molecule has 22 heavy (non-hydrogen) atoms. The minimum atomic E-state index is -3.58. The van der Waals surface area contributed by atoms with E-state index in [4.69, 9.17) is 4.74 Å². The van der Waals surface area contributed by atoms with E-state index in [9.17, 15) is 18.0 Å². The number of hydrogen-bond acceptors (Lipinski definition) is 5. The van der Waals surface area contributed by atoms with E-state index in [2.05, 4.69) is 0 Å². The van der Waals surface area contributed by atoms with Gasteiger partial charge in [-0.05, 0) is 12.0 Å². The number of hydrogen-bond donors (Lipinski definition) is 1. The van der Waals surface area contributed by atoms with Crippen molar-refractivity contribution in [3.8, 4) is 0 Å². The summed E-state index contributed by atoms with van der Waals surface area (Å²) >= 11 is 0. The molecule has 0 aromatic heterocycles. The van der Waals surface area contributed by atoms with Crippen LogP contribution in [0.1, 0.15) is 12.0 Å². The summed E-state index contributed by atoms with van der Waals surface area (Å²) in [4.78, 5) is 25.1. The van der Waals surface area contributed by atoms with Crippen molar-refractivity contribution in [1.82, 2.24) is 9.62 Å². The lowest BCUT2D eigenvalue weighted by Crippen LogP contribution is -2.37. The number of benzene rings is 1. The molecule has 1 heterocycles. The van der Waals surface area contributed by atoms with E-state index in [0.717, 1.165) is 11.8 Å². The van der Waals surface area contributed by atoms with Crippen molar-refractivity contribution in [2.45, 2.75) is 13.0 Å². The van der Waals surface area contributed by atoms with E-state index in [1.165, 1.54) is 4.90 Å². The minimum absolute atomic E-state index is 0.162. The summed E-state index contributed by atoms with van der Waals surface area (Å²) in [5, 5.41) is 0. The van der Waals surface area contributed by atoms with Gasteiger partial charge in [0.25, 0.3) is 0 Å². The zero-order valence-corrected chi connectivity index (χ0v) is 13.0. The number of amides is 2. The fraction of sp³-hybridized carbons (Fsp3) is 0.429. The lowest BCUT2D eigenvalue weighted by molar-refractivity contribution is -0.122. The Kier molecular flexibility index (Phi) is 5.02. The molecule has 0 aliphatic carbocycles. The van der Waals surface area contributed by atoms with Gasteiger partial charge in [0, 0.05) is 13.1 Å². The van der Waals surface area contributed by atoms with Crippen LogP contribution in [0.4, 0.5) is 4.79 Å². The normalized spacial score (nSPS) is 18.0. The van der Waals surface area contributed by atoms with Gasteiger partial charge >= 0.3 is 6.09 Å². The molecule has 7 nitrogen and oxygen atoms in total. The van der Waals surface area contributed by atoms with Crippen LogP contribution < -0.4 is 4.72 Å². The van der Waals surface area contributed by atoms with E-state index < -0.39 is 27.9 Å². The van der Waals surface area contributed by atoms with Gasteiger partial charge in [-0.2, -0.15) is 0 Å². The molecule has 0 bridgehead atoms. The molecule has 1 unspecified atom stereocenters. The van der Waals surface area contributed by atoms with E-state index >= 15 is 0 Å². The van der Waals surface area contributed by atoms with Crippen LogP contribution in [0, 0.1) is 5.92 Å². The van der Waals surface area contributed by atoms with Gasteiger partial charge in [-0.25, -0.2) is 13.2 Å². The predicted molar refractivity (Wildman–Crippen MR) is 79.3 cm³/mol. The maximum absolute atomic E-state index is 11.9. The van der Waals surface area contributed by atoms with Crippen molar-refractivity contribution in [2.75, 3.05) is 19.3 Å². The molecule has 1 aliphatic heterocycles. The molecule has 1 N–H and O–H groups in total. The first kappa shape index (κ1) is 16.3. The fourth-order valence-electron chi connectivity index (χ4n) is 2.22. The smallest absolute Gasteiger partial charge is 0.410 e. The van der Waals surface area contributed by atoms with Gasteiger partial charge in [0.15, 0.2) is 0 Å². The summed E-state index contributed by atoms with van der Waals surface area (Å²) in [5.41, 5.74) is 0.876. The molecule has 1 aliphatic rings. The number of carbonyl (C=O) groups is 2. The Morgan fingerprint density at radius 1 is 1.32 bits per heavy atom. The topological polar surface area (TPSA) is 92.8 Å². The maximum Gasteiger partial charge on any atom is 0.410 e. The molecule has 2 amide bonds. The van der Waals surface area contributed by atoms with Gasteiger partial charge in [-0.1, -0.05) is 30.3 Å². The van der Waals surface area contributed by atoms with Crippen LogP contribution in [0.2, 0.25) is 0 Å². The number of carbonyl (C=O) groups excluding carboxylic acids is 2. The van der Waals surface area contributed by atoms with Crippen molar-refractivity contribution in [3.63, 3.8) is 0 Å². The number of ether oxygens (including phenoxy) is 1. The van der Waals surface area contributed by atoms with Gasteiger partial charge in [0.1, 0.15) is 6.61 Å². The molecule has 0 spiro atoms. The standard InChI is InChI=1S/C14H18N2O5S/c1-22(19,20)15-13(17)12-7-8-16(9-12)14(18)21-10-11-5-3-2-4-6-11/h2-6,12H,7-10H2,1H3,(H,15,17). The first-order chi connectivity index (χ1) is 10.3. The lowest BCUT2D eigenvalue weighted by atomic mass is 10.1. The van der Waals surface area contributed by atoms with Crippen molar-refractivity contribution >= 4 is 22.0 Å². The minimum Gasteiger partial charge on any atom is -0.445 e. The predicted octanol–water partition coefficient (Wildman–Crippen LogP) is 0.721. The van der Waals surface area contributed by atoms with E-state index in [-0.39, 0.29) is 13.2 Å². The highest BCUT2D eigenvalue weighted by Gasteiger charge is 2.32. The van der Waals surface area contributed by atoms with Crippen LogP contribution in [-0.4, -0.2) is 44.7 Å². The number of likely N-dealkylation sites (tertiary alicyclic amines) is 1. The molecule has 1 aromatic carbocycles. The average Bonchev–Trinajstić information content (AvgIpc) is 2.94. The molecule has 2 rings (SSSR count). The quantitative estimate of drug-likeness (QED) is 0.880. The van der Waals surface area contributed by atoms with Crippen molar-refractivity contribution in [2.24, 2.45) is 5.92 Å². The first-order valence-electron chi connectivity index (χ1n) is 6.82. The fourth-order valence-corrected chi connectivity index (χ4v) is 2.75. The third-order valence-corrected chi connectivity index (χ3v) is 3.88. The molecular weight excluding hydrogens is 308 g/mol. The molecule has 0 radical (unpaired) electrons. The maximum atomic E-state index is 11.9. The number of nitrogens with one attached hydrogen (secondary N) is 1. The summed E-state index contributed by atoms with van der Waals surface area (Å²) in [6.07, 6.45) is 0.839. The Labute approximate surface area is 129 Å². The van der Waals surface area contributed by atoms with Gasteiger partial charge < -0.3 is 9.64 Å². The Hall–Kier alpha value is -2.09. The zero-order valence-electron chi connectivity index (χ0n) is 12.2. The van der Waals surface area contributed by atoms with Crippen LogP contribution in [0.15, 0.2) is 30.3 Å². The second kappa shape index (κ2) is 6.78. The van der Waals surface area contributed by atoms with Crippen LogP contribution in [0.25, 0.3) is 0 Å². The molecule has 0 saturated carbocycles. The van der Waals surface area contributed by atoms with Crippen LogP contribution in [0.5, 0.6) is 0 Å². The van der Waals surface area contributed by atoms with Gasteiger partial charge in [-0.3, -0.25) is 9.52 Å². The molecule has 8 heteroatoms. The Morgan fingerprint density at radius 3 is 2.64 bits per heavy atom. The Bertz CT molecular complexity index is 644. The van der Waals surface area contributed by atoms with E-state index in [1.54, 1.807) is 0 Å². The Morgan fingerprint density at radius 2 is 2.00 bits per heavy atom. The SMILES string of the molecule is CS(=O)(=O)NC(=O)C1CCN(C(=O)OCc2ccccc2)C1. The molecule has 120 valence electrons. The molecular formula is C14H18N2O5S. The summed E-state index contributed by atoms with van der Waals surface area (Å²) in [6.45, 7) is 0.695. The summed E-state index contributed by atoms with van der Waals surface area (Å²) in [5.74, 6) is -1.11.